The lowest BCUT2D eigenvalue weighted by molar-refractivity contribution is -0.120. The normalized spacial score (nSPS) is 16.2. The predicted octanol–water partition coefficient (Wildman–Crippen LogP) is 2.31. The van der Waals surface area contributed by atoms with E-state index >= 15 is 0 Å². The zero-order valence-corrected chi connectivity index (χ0v) is 13.9. The van der Waals surface area contributed by atoms with Crippen molar-refractivity contribution in [3.63, 3.8) is 0 Å². The topological polar surface area (TPSA) is 80.2 Å². The Morgan fingerprint density at radius 1 is 1.25 bits per heavy atom. The highest BCUT2D eigenvalue weighted by Crippen LogP contribution is 2.36. The van der Waals surface area contributed by atoms with Crippen molar-refractivity contribution in [2.45, 2.75) is 30.0 Å². The van der Waals surface area contributed by atoms with Crippen molar-refractivity contribution in [2.75, 3.05) is 10.6 Å². The summed E-state index contributed by atoms with van der Waals surface area (Å²) in [6, 6.07) is 10.5. The summed E-state index contributed by atoms with van der Waals surface area (Å²) in [4.78, 5) is 36.9. The van der Waals surface area contributed by atoms with E-state index in [1.165, 1.54) is 22.4 Å². The molecule has 0 radical (unpaired) electrons. The van der Waals surface area contributed by atoms with Crippen molar-refractivity contribution in [1.29, 1.82) is 0 Å². The van der Waals surface area contributed by atoms with Gasteiger partial charge in [-0.15, -0.1) is 11.8 Å². The molecule has 7 heteroatoms. The minimum atomic E-state index is -0.475. The molecule has 0 bridgehead atoms. The molecule has 0 aliphatic carbocycles. The number of nitrogens with zero attached hydrogens (tertiary/aromatic N) is 1. The largest absolute Gasteiger partial charge is 0.325 e. The molecule has 6 nitrogen and oxygen atoms in total. The van der Waals surface area contributed by atoms with E-state index in [9.17, 15) is 14.4 Å². The summed E-state index contributed by atoms with van der Waals surface area (Å²) in [7, 11) is 0. The third kappa shape index (κ3) is 3.51. The minimum absolute atomic E-state index is 0.0656. The van der Waals surface area contributed by atoms with Crippen LogP contribution >= 0.6 is 11.8 Å². The van der Waals surface area contributed by atoms with E-state index in [4.69, 9.17) is 0 Å². The number of hydrogen-bond acceptors (Lipinski definition) is 4. The molecule has 1 atom stereocenters. The maximum Gasteiger partial charge on any atom is 0.250 e. The van der Waals surface area contributed by atoms with Crippen LogP contribution in [0.1, 0.15) is 13.3 Å². The summed E-state index contributed by atoms with van der Waals surface area (Å²) in [6.45, 7) is 2.38. The van der Waals surface area contributed by atoms with Gasteiger partial charge in [-0.05, 0) is 25.1 Å². The number of carbonyl (C=O) groups is 2. The van der Waals surface area contributed by atoms with Crippen molar-refractivity contribution in [2.24, 2.45) is 0 Å². The number of carbonyl (C=O) groups excluding carboxylic acids is 2. The number of anilines is 2. The fourth-order valence-corrected chi connectivity index (χ4v) is 3.57. The fourth-order valence-electron chi connectivity index (χ4n) is 2.46. The van der Waals surface area contributed by atoms with Crippen LogP contribution in [-0.4, -0.2) is 21.6 Å². The van der Waals surface area contributed by atoms with Crippen LogP contribution in [-0.2, 0) is 16.1 Å². The molecule has 3 rings (SSSR count). The van der Waals surface area contributed by atoms with E-state index in [0.29, 0.717) is 12.2 Å². The highest BCUT2D eigenvalue weighted by Gasteiger charge is 2.28. The second-order valence-corrected chi connectivity index (χ2v) is 6.63. The molecular formula is C17H17N3O3S. The molecule has 0 spiro atoms. The van der Waals surface area contributed by atoms with Gasteiger partial charge in [-0.3, -0.25) is 14.4 Å². The lowest BCUT2D eigenvalue weighted by Crippen LogP contribution is -2.32. The molecule has 2 amide bonds. The second kappa shape index (κ2) is 6.92. The number of benzene rings is 1. The molecule has 1 aliphatic heterocycles. The molecule has 1 aromatic heterocycles. The van der Waals surface area contributed by atoms with E-state index in [-0.39, 0.29) is 23.8 Å². The van der Waals surface area contributed by atoms with E-state index in [0.717, 1.165) is 10.6 Å². The highest BCUT2D eigenvalue weighted by molar-refractivity contribution is 8.01. The third-order valence-electron chi connectivity index (χ3n) is 3.69. The number of pyridine rings is 1. The molecule has 1 aliphatic rings. The van der Waals surface area contributed by atoms with Gasteiger partial charge in [0.1, 0.15) is 0 Å². The van der Waals surface area contributed by atoms with Crippen LogP contribution in [0.5, 0.6) is 0 Å². The minimum Gasteiger partial charge on any atom is -0.325 e. The number of aryl methyl sites for hydroxylation is 1. The van der Waals surface area contributed by atoms with Crippen LogP contribution in [0.4, 0.5) is 11.4 Å². The summed E-state index contributed by atoms with van der Waals surface area (Å²) in [5.41, 5.74) is 1.21. The quantitative estimate of drug-likeness (QED) is 0.893. The zero-order chi connectivity index (χ0) is 17.1. The first-order valence-corrected chi connectivity index (χ1v) is 8.51. The number of para-hydroxylation sites is 1. The molecule has 124 valence electrons. The summed E-state index contributed by atoms with van der Waals surface area (Å²) >= 11 is 1.39. The van der Waals surface area contributed by atoms with Crippen LogP contribution in [0.3, 0.4) is 0 Å². The van der Waals surface area contributed by atoms with Gasteiger partial charge in [0, 0.05) is 30.1 Å². The number of fused-ring (bicyclic) bond motifs is 1. The van der Waals surface area contributed by atoms with Gasteiger partial charge >= 0.3 is 0 Å². The van der Waals surface area contributed by atoms with Crippen LogP contribution in [0.2, 0.25) is 0 Å². The number of amides is 2. The van der Waals surface area contributed by atoms with Gasteiger partial charge in [-0.2, -0.15) is 0 Å². The maximum atomic E-state index is 12.2. The Labute approximate surface area is 143 Å². The number of aromatic nitrogens is 1. The van der Waals surface area contributed by atoms with Crippen LogP contribution in [0.25, 0.3) is 0 Å². The SMILES string of the molecule is CCn1cc(NC(=O)CC2Sc3ccccc3NC2=O)ccc1=O. The molecule has 24 heavy (non-hydrogen) atoms. The summed E-state index contributed by atoms with van der Waals surface area (Å²) in [5.74, 6) is -0.435. The van der Waals surface area contributed by atoms with E-state index < -0.39 is 5.25 Å². The Kier molecular flexibility index (Phi) is 4.71. The van der Waals surface area contributed by atoms with E-state index in [1.54, 1.807) is 12.3 Å². The van der Waals surface area contributed by atoms with Crippen molar-refractivity contribution >= 4 is 35.0 Å². The van der Waals surface area contributed by atoms with Gasteiger partial charge in [-0.1, -0.05) is 12.1 Å². The van der Waals surface area contributed by atoms with E-state index in [2.05, 4.69) is 10.6 Å². The Balaban J connectivity index is 1.67. The Morgan fingerprint density at radius 3 is 2.83 bits per heavy atom. The third-order valence-corrected chi connectivity index (χ3v) is 4.96. The standard InChI is InChI=1S/C17H17N3O3S/c1-2-20-10-11(7-8-16(20)22)18-15(21)9-14-17(23)19-12-5-3-4-6-13(12)24-14/h3-8,10,14H,2,9H2,1H3,(H,18,21)(H,19,23). The number of hydrogen-bond donors (Lipinski definition) is 2. The monoisotopic (exact) mass is 343 g/mol. The summed E-state index contributed by atoms with van der Waals surface area (Å²) < 4.78 is 1.51. The lowest BCUT2D eigenvalue weighted by Gasteiger charge is -2.23. The first-order chi connectivity index (χ1) is 11.6. The molecule has 1 unspecified atom stereocenters. The number of thioether (sulfide) groups is 1. The molecule has 1 aromatic carbocycles. The fraction of sp³-hybridized carbons (Fsp3) is 0.235. The second-order valence-electron chi connectivity index (χ2n) is 5.39. The van der Waals surface area contributed by atoms with Crippen molar-refractivity contribution in [3.8, 4) is 0 Å². The Hall–Kier alpha value is -2.54. The van der Waals surface area contributed by atoms with Gasteiger partial charge < -0.3 is 15.2 Å². The molecular weight excluding hydrogens is 326 g/mol. The summed E-state index contributed by atoms with van der Waals surface area (Å²) in [6.07, 6.45) is 1.67. The molecule has 0 saturated carbocycles. The molecule has 2 N–H and O–H groups in total. The average molecular weight is 343 g/mol. The molecule has 0 saturated heterocycles. The van der Waals surface area contributed by atoms with Crippen LogP contribution in [0, 0.1) is 0 Å². The average Bonchev–Trinajstić information content (AvgIpc) is 2.57. The van der Waals surface area contributed by atoms with Crippen molar-refractivity contribution < 1.29 is 9.59 Å². The maximum absolute atomic E-state index is 12.2. The molecule has 2 aromatic rings. The highest BCUT2D eigenvalue weighted by atomic mass is 32.2. The molecule has 0 fully saturated rings. The number of nitrogens with one attached hydrogen (secondary N) is 2. The van der Waals surface area contributed by atoms with Crippen molar-refractivity contribution in [1.82, 2.24) is 4.57 Å². The van der Waals surface area contributed by atoms with Crippen LogP contribution < -0.4 is 16.2 Å². The first kappa shape index (κ1) is 16.3. The smallest absolute Gasteiger partial charge is 0.250 e. The Morgan fingerprint density at radius 2 is 2.04 bits per heavy atom. The van der Waals surface area contributed by atoms with Crippen LogP contribution in [0.15, 0.2) is 52.3 Å². The summed E-state index contributed by atoms with van der Waals surface area (Å²) in [5, 5.41) is 5.09. The van der Waals surface area contributed by atoms with Gasteiger partial charge in [0.25, 0.3) is 5.56 Å². The van der Waals surface area contributed by atoms with Gasteiger partial charge in [0.15, 0.2) is 0 Å². The zero-order valence-electron chi connectivity index (χ0n) is 13.1. The van der Waals surface area contributed by atoms with Gasteiger partial charge in [0.2, 0.25) is 11.8 Å². The van der Waals surface area contributed by atoms with Gasteiger partial charge in [-0.25, -0.2) is 0 Å². The Bertz CT molecular complexity index is 847. The lowest BCUT2D eigenvalue weighted by atomic mass is 10.2. The van der Waals surface area contributed by atoms with Gasteiger partial charge in [0.05, 0.1) is 16.6 Å². The first-order valence-electron chi connectivity index (χ1n) is 7.63. The van der Waals surface area contributed by atoms with Crippen molar-refractivity contribution in [3.05, 3.63) is 52.9 Å². The predicted molar refractivity (Wildman–Crippen MR) is 94.3 cm³/mol. The molecule has 2 heterocycles. The van der Waals surface area contributed by atoms with E-state index in [1.807, 2.05) is 31.2 Å². The number of rotatable bonds is 4.